The van der Waals surface area contributed by atoms with Crippen LogP contribution >= 0.6 is 22.9 Å². The summed E-state index contributed by atoms with van der Waals surface area (Å²) in [5.74, 6) is 0.708. The van der Waals surface area contributed by atoms with Crippen molar-refractivity contribution in [2.24, 2.45) is 0 Å². The minimum absolute atomic E-state index is 0.473. The van der Waals surface area contributed by atoms with Gasteiger partial charge in [-0.25, -0.2) is 4.98 Å². The third-order valence-electron chi connectivity index (χ3n) is 2.11. The highest BCUT2D eigenvalue weighted by Crippen LogP contribution is 2.26. The van der Waals surface area contributed by atoms with Gasteiger partial charge in [-0.15, -0.1) is 11.3 Å². The first-order valence-electron chi connectivity index (χ1n) is 4.95. The quantitative estimate of drug-likeness (QED) is 0.825. The van der Waals surface area contributed by atoms with E-state index in [9.17, 15) is 0 Å². The largest absolute Gasteiger partial charge is 0.485 e. The third kappa shape index (κ3) is 2.74. The van der Waals surface area contributed by atoms with Gasteiger partial charge in [0.2, 0.25) is 0 Å². The van der Waals surface area contributed by atoms with E-state index in [-0.39, 0.29) is 0 Å². The zero-order valence-corrected chi connectivity index (χ0v) is 10.7. The number of halogens is 1. The molecule has 1 heterocycles. The molecule has 2 rings (SSSR count). The van der Waals surface area contributed by atoms with Crippen molar-refractivity contribution in [3.63, 3.8) is 0 Å². The third-order valence-corrected chi connectivity index (χ3v) is 3.34. The van der Waals surface area contributed by atoms with Crippen molar-refractivity contribution in [1.82, 2.24) is 4.98 Å². The minimum atomic E-state index is 0.473. The number of aryl methyl sites for hydroxylation is 2. The second kappa shape index (κ2) is 4.85. The number of nitrogens with zero attached hydrogens (tertiary/aromatic N) is 1. The summed E-state index contributed by atoms with van der Waals surface area (Å²) in [5, 5.41) is 3.62. The summed E-state index contributed by atoms with van der Waals surface area (Å²) in [4.78, 5) is 4.32. The molecule has 2 aromatic rings. The van der Waals surface area contributed by atoms with E-state index < -0.39 is 0 Å². The van der Waals surface area contributed by atoms with E-state index in [1.807, 2.05) is 37.4 Å². The van der Waals surface area contributed by atoms with E-state index in [0.717, 1.165) is 16.3 Å². The first-order chi connectivity index (χ1) is 7.65. The maximum absolute atomic E-state index is 6.06. The highest BCUT2D eigenvalue weighted by molar-refractivity contribution is 7.09. The first kappa shape index (κ1) is 11.4. The molecule has 0 radical (unpaired) electrons. The average Bonchev–Trinajstić information content (AvgIpc) is 2.63. The zero-order valence-electron chi connectivity index (χ0n) is 9.16. The van der Waals surface area contributed by atoms with Gasteiger partial charge < -0.3 is 4.74 Å². The number of aromatic nitrogens is 1. The molecular formula is C12H12ClNOS. The first-order valence-corrected chi connectivity index (χ1v) is 6.21. The Labute approximate surface area is 104 Å². The van der Waals surface area contributed by atoms with Crippen molar-refractivity contribution in [1.29, 1.82) is 0 Å². The molecule has 0 bridgehead atoms. The Kier molecular flexibility index (Phi) is 3.46. The Morgan fingerprint density at radius 2 is 2.19 bits per heavy atom. The summed E-state index contributed by atoms with van der Waals surface area (Å²) in [6.45, 7) is 4.44. The van der Waals surface area contributed by atoms with Gasteiger partial charge in [0, 0.05) is 11.1 Å². The van der Waals surface area contributed by atoms with Gasteiger partial charge >= 0.3 is 0 Å². The molecule has 2 nitrogen and oxygen atoms in total. The highest BCUT2D eigenvalue weighted by Gasteiger charge is 2.04. The van der Waals surface area contributed by atoms with Crippen molar-refractivity contribution >= 4 is 22.9 Å². The molecule has 84 valence electrons. The van der Waals surface area contributed by atoms with Crippen LogP contribution in [0.25, 0.3) is 0 Å². The van der Waals surface area contributed by atoms with Crippen LogP contribution in [0.5, 0.6) is 5.75 Å². The van der Waals surface area contributed by atoms with Gasteiger partial charge in [0.15, 0.2) is 0 Å². The van der Waals surface area contributed by atoms with E-state index in [0.29, 0.717) is 17.4 Å². The Morgan fingerprint density at radius 3 is 2.81 bits per heavy atom. The van der Waals surface area contributed by atoms with Crippen LogP contribution in [0.3, 0.4) is 0 Å². The smallest absolute Gasteiger partial charge is 0.140 e. The lowest BCUT2D eigenvalue weighted by Crippen LogP contribution is -1.95. The summed E-state index contributed by atoms with van der Waals surface area (Å²) in [5.41, 5.74) is 2.15. The molecule has 16 heavy (non-hydrogen) atoms. The number of benzene rings is 1. The van der Waals surface area contributed by atoms with Gasteiger partial charge in [-0.05, 0) is 31.5 Å². The van der Waals surface area contributed by atoms with Gasteiger partial charge in [0.1, 0.15) is 17.4 Å². The predicted molar refractivity (Wildman–Crippen MR) is 67.4 cm³/mol. The fourth-order valence-corrected chi connectivity index (χ4v) is 2.30. The summed E-state index contributed by atoms with van der Waals surface area (Å²) in [6, 6.07) is 5.76. The molecule has 0 spiro atoms. The van der Waals surface area contributed by atoms with Crippen LogP contribution in [-0.2, 0) is 6.61 Å². The molecule has 0 amide bonds. The molecule has 0 atom stereocenters. The topological polar surface area (TPSA) is 22.1 Å². The molecule has 0 aliphatic heterocycles. The summed E-state index contributed by atoms with van der Waals surface area (Å²) in [6.07, 6.45) is 0. The molecule has 1 aromatic carbocycles. The zero-order chi connectivity index (χ0) is 11.5. The van der Waals surface area contributed by atoms with Gasteiger partial charge in [0.25, 0.3) is 0 Å². The van der Waals surface area contributed by atoms with E-state index in [4.69, 9.17) is 16.3 Å². The number of thiazole rings is 1. The molecule has 0 unspecified atom stereocenters. The van der Waals surface area contributed by atoms with Crippen LogP contribution in [0.15, 0.2) is 23.6 Å². The summed E-state index contributed by atoms with van der Waals surface area (Å²) in [7, 11) is 0. The Morgan fingerprint density at radius 1 is 1.38 bits per heavy atom. The lowest BCUT2D eigenvalue weighted by atomic mass is 10.2. The van der Waals surface area contributed by atoms with Crippen molar-refractivity contribution in [3.05, 3.63) is 44.9 Å². The number of hydrogen-bond acceptors (Lipinski definition) is 3. The summed E-state index contributed by atoms with van der Waals surface area (Å²) >= 11 is 7.66. The molecule has 1 aromatic heterocycles. The van der Waals surface area contributed by atoms with Crippen molar-refractivity contribution < 1.29 is 4.74 Å². The fourth-order valence-electron chi connectivity index (χ4n) is 1.33. The van der Waals surface area contributed by atoms with Gasteiger partial charge in [-0.1, -0.05) is 17.7 Å². The molecule has 4 heteroatoms. The van der Waals surface area contributed by atoms with Crippen LogP contribution < -0.4 is 4.74 Å². The van der Waals surface area contributed by atoms with Crippen LogP contribution in [0, 0.1) is 13.8 Å². The standard InChI is InChI=1S/C12H12ClNOS/c1-8-3-4-11(10(13)5-8)15-6-12-14-9(2)7-16-12/h3-5,7H,6H2,1-2H3. The van der Waals surface area contributed by atoms with Crippen LogP contribution in [0.2, 0.25) is 5.02 Å². The summed E-state index contributed by atoms with van der Waals surface area (Å²) < 4.78 is 5.61. The minimum Gasteiger partial charge on any atom is -0.485 e. The van der Waals surface area contributed by atoms with Crippen molar-refractivity contribution in [2.45, 2.75) is 20.5 Å². The van der Waals surface area contributed by atoms with E-state index >= 15 is 0 Å². The van der Waals surface area contributed by atoms with E-state index in [1.165, 1.54) is 0 Å². The number of hydrogen-bond donors (Lipinski definition) is 0. The molecule has 0 saturated carbocycles. The Bertz CT molecular complexity index is 496. The Hall–Kier alpha value is -1.06. The number of rotatable bonds is 3. The Balaban J connectivity index is 2.04. The van der Waals surface area contributed by atoms with Crippen molar-refractivity contribution in [3.8, 4) is 5.75 Å². The van der Waals surface area contributed by atoms with Gasteiger partial charge in [-0.2, -0.15) is 0 Å². The normalized spacial score (nSPS) is 10.4. The maximum atomic E-state index is 6.06. The molecule has 0 aliphatic carbocycles. The monoisotopic (exact) mass is 253 g/mol. The molecule has 0 N–H and O–H groups in total. The maximum Gasteiger partial charge on any atom is 0.140 e. The highest BCUT2D eigenvalue weighted by atomic mass is 35.5. The lowest BCUT2D eigenvalue weighted by Gasteiger charge is -2.06. The SMILES string of the molecule is Cc1ccc(OCc2nc(C)cs2)c(Cl)c1. The second-order valence-corrected chi connectivity index (χ2v) is 4.96. The second-order valence-electron chi connectivity index (χ2n) is 3.61. The molecule has 0 aliphatic rings. The van der Waals surface area contributed by atoms with Crippen LogP contribution in [0.1, 0.15) is 16.3 Å². The van der Waals surface area contributed by atoms with Crippen LogP contribution in [0.4, 0.5) is 0 Å². The van der Waals surface area contributed by atoms with Gasteiger partial charge in [0.05, 0.1) is 5.02 Å². The molecule has 0 fully saturated rings. The molecular weight excluding hydrogens is 242 g/mol. The van der Waals surface area contributed by atoms with Crippen LogP contribution in [-0.4, -0.2) is 4.98 Å². The molecule has 0 saturated heterocycles. The predicted octanol–water partition coefficient (Wildman–Crippen LogP) is 3.99. The lowest BCUT2D eigenvalue weighted by molar-refractivity contribution is 0.305. The van der Waals surface area contributed by atoms with E-state index in [2.05, 4.69) is 4.98 Å². The van der Waals surface area contributed by atoms with E-state index in [1.54, 1.807) is 11.3 Å². The van der Waals surface area contributed by atoms with Crippen molar-refractivity contribution in [2.75, 3.05) is 0 Å². The number of ether oxygens (including phenoxy) is 1. The fraction of sp³-hybridized carbons (Fsp3) is 0.250. The van der Waals surface area contributed by atoms with Gasteiger partial charge in [-0.3, -0.25) is 0 Å². The average molecular weight is 254 g/mol.